The number of hydrogen-bond acceptors (Lipinski definition) is 4. The highest BCUT2D eigenvalue weighted by Crippen LogP contribution is 2.61. The summed E-state index contributed by atoms with van der Waals surface area (Å²) in [6.45, 7) is 2.96. The Bertz CT molecular complexity index is 1130. The van der Waals surface area contributed by atoms with Crippen molar-refractivity contribution in [1.82, 2.24) is 14.7 Å². The molecule has 1 saturated heterocycles. The highest BCUT2D eigenvalue weighted by atomic mass is 32.2. The van der Waals surface area contributed by atoms with E-state index in [0.29, 0.717) is 4.32 Å². The Labute approximate surface area is 224 Å². The molecule has 4 bridgehead atoms. The number of unbranched alkanes of at least 4 members (excludes halogenated alkanes) is 4. The number of para-hydroxylation sites is 1. The van der Waals surface area contributed by atoms with E-state index in [-0.39, 0.29) is 11.3 Å². The fourth-order valence-electron chi connectivity index (χ4n) is 7.73. The Morgan fingerprint density at radius 3 is 2.36 bits per heavy atom. The molecule has 4 nitrogen and oxygen atoms in total. The first-order valence-electron chi connectivity index (χ1n) is 14.0. The summed E-state index contributed by atoms with van der Waals surface area (Å²) >= 11 is 7.12. The molecular formula is C30H37N3OS2. The molecule has 6 heteroatoms. The van der Waals surface area contributed by atoms with Crippen LogP contribution in [0.3, 0.4) is 0 Å². The van der Waals surface area contributed by atoms with Crippen molar-refractivity contribution in [2.24, 2.45) is 17.8 Å². The molecule has 0 atom stereocenters. The Morgan fingerprint density at radius 2 is 1.69 bits per heavy atom. The zero-order valence-electron chi connectivity index (χ0n) is 21.3. The molecule has 0 radical (unpaired) electrons. The van der Waals surface area contributed by atoms with Crippen molar-refractivity contribution < 1.29 is 4.79 Å². The second-order valence-corrected chi connectivity index (χ2v) is 13.3. The number of carbonyl (C=O) groups excluding carboxylic acids is 1. The van der Waals surface area contributed by atoms with Gasteiger partial charge in [0.1, 0.15) is 4.32 Å². The summed E-state index contributed by atoms with van der Waals surface area (Å²) in [5.74, 6) is 2.61. The van der Waals surface area contributed by atoms with Crippen LogP contribution in [0.25, 0.3) is 11.8 Å². The molecule has 190 valence electrons. The van der Waals surface area contributed by atoms with Crippen LogP contribution in [0.4, 0.5) is 0 Å². The van der Waals surface area contributed by atoms with Gasteiger partial charge in [-0.15, -0.1) is 0 Å². The summed E-state index contributed by atoms with van der Waals surface area (Å²) in [7, 11) is 0. The van der Waals surface area contributed by atoms with Crippen molar-refractivity contribution >= 4 is 40.3 Å². The van der Waals surface area contributed by atoms with Crippen molar-refractivity contribution in [3.63, 3.8) is 0 Å². The molecule has 7 rings (SSSR count). The number of thiocarbonyl (C=S) groups is 1. The van der Waals surface area contributed by atoms with E-state index in [1.54, 1.807) is 0 Å². The number of thioether (sulfide) groups is 1. The van der Waals surface area contributed by atoms with Crippen molar-refractivity contribution in [2.75, 3.05) is 6.54 Å². The summed E-state index contributed by atoms with van der Waals surface area (Å²) in [5.41, 5.74) is 3.56. The molecule has 2 heterocycles. The SMILES string of the molecule is CCCCCCCN1C(=O)C(=Cc2cn(-c3ccccc3)nc2C23CC4CC(CC(C4)C2)C3)SC1=S. The molecule has 1 aromatic heterocycles. The zero-order chi connectivity index (χ0) is 24.7. The van der Waals surface area contributed by atoms with E-state index in [4.69, 9.17) is 17.3 Å². The van der Waals surface area contributed by atoms with E-state index < -0.39 is 0 Å². The zero-order valence-corrected chi connectivity index (χ0v) is 23.0. The molecule has 0 N–H and O–H groups in total. The number of nitrogens with zero attached hydrogens (tertiary/aromatic N) is 3. The van der Waals surface area contributed by atoms with Crippen LogP contribution < -0.4 is 0 Å². The number of benzene rings is 1. The largest absolute Gasteiger partial charge is 0.293 e. The lowest BCUT2D eigenvalue weighted by Gasteiger charge is -2.56. The van der Waals surface area contributed by atoms with Crippen molar-refractivity contribution in [1.29, 1.82) is 0 Å². The fourth-order valence-corrected chi connectivity index (χ4v) is 9.03. The first-order chi connectivity index (χ1) is 17.5. The van der Waals surface area contributed by atoms with Gasteiger partial charge in [-0.05, 0) is 80.9 Å². The summed E-state index contributed by atoms with van der Waals surface area (Å²) in [4.78, 5) is 16.0. The minimum absolute atomic E-state index is 0.0735. The number of carbonyl (C=O) groups is 1. The Kier molecular flexibility index (Phi) is 6.85. The number of aromatic nitrogens is 2. The molecule has 2 aromatic rings. The van der Waals surface area contributed by atoms with Crippen LogP contribution >= 0.6 is 24.0 Å². The molecule has 4 saturated carbocycles. The highest BCUT2D eigenvalue weighted by Gasteiger charge is 2.53. The standard InChI is InChI=1S/C30H37N3OS2/c1-2-3-4-5-9-12-32-28(34)26(36-29(32)35)16-24-20-33(25-10-7-6-8-11-25)31-27(24)30-17-21-13-22(18-30)15-23(14-21)19-30/h6-8,10-11,16,20-23H,2-5,9,12-15,17-19H2,1H3. The van der Waals surface area contributed by atoms with Gasteiger partial charge in [-0.1, -0.05) is 74.8 Å². The van der Waals surface area contributed by atoms with Crippen LogP contribution in [-0.2, 0) is 10.2 Å². The lowest BCUT2D eigenvalue weighted by atomic mass is 9.48. The Balaban J connectivity index is 1.31. The van der Waals surface area contributed by atoms with Gasteiger partial charge < -0.3 is 0 Å². The first-order valence-corrected chi connectivity index (χ1v) is 15.2. The number of amides is 1. The normalized spacial score (nSPS) is 30.2. The average Bonchev–Trinajstić information content (AvgIpc) is 3.40. The van der Waals surface area contributed by atoms with E-state index >= 15 is 0 Å². The third-order valence-electron chi connectivity index (χ3n) is 8.95. The quantitative estimate of drug-likeness (QED) is 0.195. The molecule has 1 amide bonds. The second kappa shape index (κ2) is 10.1. The molecule has 1 aromatic carbocycles. The minimum atomic E-state index is 0.0735. The van der Waals surface area contributed by atoms with Gasteiger partial charge in [0.15, 0.2) is 0 Å². The van der Waals surface area contributed by atoms with Gasteiger partial charge in [0.25, 0.3) is 5.91 Å². The second-order valence-electron chi connectivity index (χ2n) is 11.7. The van der Waals surface area contributed by atoms with E-state index in [1.807, 2.05) is 15.6 Å². The number of hydrogen-bond donors (Lipinski definition) is 0. The highest BCUT2D eigenvalue weighted by molar-refractivity contribution is 8.26. The number of rotatable bonds is 9. The molecular weight excluding hydrogens is 482 g/mol. The van der Waals surface area contributed by atoms with E-state index in [9.17, 15) is 4.79 Å². The third kappa shape index (κ3) is 4.60. The summed E-state index contributed by atoms with van der Waals surface area (Å²) in [5, 5.41) is 5.26. The fraction of sp³-hybridized carbons (Fsp3) is 0.567. The monoisotopic (exact) mass is 519 g/mol. The van der Waals surface area contributed by atoms with Crippen LogP contribution in [0.15, 0.2) is 41.4 Å². The maximum absolute atomic E-state index is 13.4. The van der Waals surface area contributed by atoms with Crippen LogP contribution in [0, 0.1) is 17.8 Å². The summed E-state index contributed by atoms with van der Waals surface area (Å²) in [6, 6.07) is 10.4. The van der Waals surface area contributed by atoms with Gasteiger partial charge in [0.05, 0.1) is 16.3 Å². The maximum Gasteiger partial charge on any atom is 0.266 e. The van der Waals surface area contributed by atoms with Gasteiger partial charge >= 0.3 is 0 Å². The molecule has 4 aliphatic carbocycles. The Morgan fingerprint density at radius 1 is 1.03 bits per heavy atom. The van der Waals surface area contributed by atoms with E-state index in [2.05, 4.69) is 43.5 Å². The van der Waals surface area contributed by atoms with Gasteiger partial charge in [-0.25, -0.2) is 4.68 Å². The van der Waals surface area contributed by atoms with Crippen molar-refractivity contribution in [2.45, 2.75) is 83.0 Å². The van der Waals surface area contributed by atoms with Crippen LogP contribution in [-0.4, -0.2) is 31.5 Å². The van der Waals surface area contributed by atoms with Gasteiger partial charge in [-0.2, -0.15) is 5.10 Å². The first kappa shape index (κ1) is 24.4. The molecule has 36 heavy (non-hydrogen) atoms. The lowest BCUT2D eigenvalue weighted by Crippen LogP contribution is -2.49. The van der Waals surface area contributed by atoms with Gasteiger partial charge in [-0.3, -0.25) is 9.69 Å². The van der Waals surface area contributed by atoms with Gasteiger partial charge in [0, 0.05) is 23.7 Å². The molecule has 0 unspecified atom stereocenters. The summed E-state index contributed by atoms with van der Waals surface area (Å²) in [6.07, 6.45) is 18.1. The third-order valence-corrected chi connectivity index (χ3v) is 10.3. The summed E-state index contributed by atoms with van der Waals surface area (Å²) < 4.78 is 2.74. The average molecular weight is 520 g/mol. The molecule has 5 fully saturated rings. The van der Waals surface area contributed by atoms with E-state index in [0.717, 1.165) is 53.3 Å². The lowest BCUT2D eigenvalue weighted by molar-refractivity contribution is -0.122. The maximum atomic E-state index is 13.4. The Hall–Kier alpha value is -1.92. The minimum Gasteiger partial charge on any atom is -0.293 e. The van der Waals surface area contributed by atoms with Crippen LogP contribution in [0.2, 0.25) is 0 Å². The molecule has 0 spiro atoms. The van der Waals surface area contributed by atoms with Crippen LogP contribution in [0.1, 0.15) is 88.8 Å². The van der Waals surface area contributed by atoms with Gasteiger partial charge in [0.2, 0.25) is 0 Å². The van der Waals surface area contributed by atoms with Crippen molar-refractivity contribution in [3.8, 4) is 5.69 Å². The predicted molar refractivity (Wildman–Crippen MR) is 152 cm³/mol. The smallest absolute Gasteiger partial charge is 0.266 e. The predicted octanol–water partition coefficient (Wildman–Crippen LogP) is 7.51. The van der Waals surface area contributed by atoms with Crippen LogP contribution in [0.5, 0.6) is 0 Å². The molecule has 1 aliphatic heterocycles. The molecule has 5 aliphatic rings. The topological polar surface area (TPSA) is 38.1 Å². The van der Waals surface area contributed by atoms with Crippen molar-refractivity contribution in [3.05, 3.63) is 52.7 Å². The van der Waals surface area contributed by atoms with E-state index in [1.165, 1.54) is 75.2 Å².